The van der Waals surface area contributed by atoms with Gasteiger partial charge in [-0.3, -0.25) is 4.79 Å². The lowest BCUT2D eigenvalue weighted by molar-refractivity contribution is 0.102. The second kappa shape index (κ2) is 7.17. The summed E-state index contributed by atoms with van der Waals surface area (Å²) in [6.45, 7) is 2.73. The largest absolute Gasteiger partial charge is 0.369 e. The smallest absolute Gasteiger partial charge is 0.259 e. The van der Waals surface area contributed by atoms with Crippen LogP contribution in [0.15, 0.2) is 41.0 Å². The Labute approximate surface area is 130 Å². The fraction of sp³-hybridized carbons (Fsp3) is 0.200. The topological polar surface area (TPSA) is 54.0 Å². The van der Waals surface area contributed by atoms with Crippen LogP contribution in [0.4, 0.5) is 15.9 Å². The molecule has 2 N–H and O–H groups in total. The summed E-state index contributed by atoms with van der Waals surface area (Å²) >= 11 is 3.22. The number of nitrogens with one attached hydrogen (secondary N) is 2. The number of benzene rings is 1. The minimum absolute atomic E-state index is 0.118. The van der Waals surface area contributed by atoms with Gasteiger partial charge in [0.1, 0.15) is 11.6 Å². The maximum Gasteiger partial charge on any atom is 0.259 e. The first-order chi connectivity index (χ1) is 10.1. The molecule has 1 amide bonds. The van der Waals surface area contributed by atoms with Crippen molar-refractivity contribution in [3.8, 4) is 0 Å². The van der Waals surface area contributed by atoms with Crippen molar-refractivity contribution >= 4 is 33.3 Å². The molecule has 110 valence electrons. The van der Waals surface area contributed by atoms with Crippen molar-refractivity contribution in [2.45, 2.75) is 13.3 Å². The van der Waals surface area contributed by atoms with E-state index in [1.54, 1.807) is 30.5 Å². The predicted molar refractivity (Wildman–Crippen MR) is 85.1 cm³/mol. The number of anilines is 2. The molecule has 1 aromatic heterocycles. The van der Waals surface area contributed by atoms with Crippen molar-refractivity contribution < 1.29 is 9.18 Å². The second-order valence-electron chi connectivity index (χ2n) is 4.38. The second-order valence-corrected chi connectivity index (χ2v) is 5.23. The van der Waals surface area contributed by atoms with Crippen LogP contribution in [0.5, 0.6) is 0 Å². The normalized spacial score (nSPS) is 10.2. The number of carbonyl (C=O) groups excluding carboxylic acids is 1. The minimum Gasteiger partial charge on any atom is -0.369 e. The van der Waals surface area contributed by atoms with Gasteiger partial charge in [0, 0.05) is 17.2 Å². The van der Waals surface area contributed by atoms with Crippen molar-refractivity contribution in [1.82, 2.24) is 4.98 Å². The molecule has 0 aliphatic heterocycles. The molecular weight excluding hydrogens is 337 g/mol. The van der Waals surface area contributed by atoms with Gasteiger partial charge in [0.2, 0.25) is 0 Å². The zero-order valence-electron chi connectivity index (χ0n) is 11.5. The standard InChI is InChI=1S/C15H15BrFN3O/c1-2-8-18-14-10(5-4-9-19-14)15(21)20-13-11(16)6-3-7-12(13)17/h3-7,9H,2,8H2,1H3,(H,18,19)(H,20,21). The lowest BCUT2D eigenvalue weighted by Crippen LogP contribution is -2.17. The first-order valence-corrected chi connectivity index (χ1v) is 7.37. The fourth-order valence-corrected chi connectivity index (χ4v) is 2.21. The number of aromatic nitrogens is 1. The summed E-state index contributed by atoms with van der Waals surface area (Å²) in [5.41, 5.74) is 0.494. The highest BCUT2D eigenvalue weighted by Gasteiger charge is 2.15. The molecule has 6 heteroatoms. The maximum atomic E-state index is 13.8. The zero-order valence-corrected chi connectivity index (χ0v) is 13.1. The molecule has 0 atom stereocenters. The molecule has 1 aromatic carbocycles. The van der Waals surface area contributed by atoms with Gasteiger partial charge in [-0.1, -0.05) is 13.0 Å². The quantitative estimate of drug-likeness (QED) is 0.853. The molecule has 0 spiro atoms. The van der Waals surface area contributed by atoms with Crippen LogP contribution in [0.1, 0.15) is 23.7 Å². The molecule has 21 heavy (non-hydrogen) atoms. The van der Waals surface area contributed by atoms with Crippen LogP contribution in [0.2, 0.25) is 0 Å². The van der Waals surface area contributed by atoms with E-state index in [0.29, 0.717) is 22.4 Å². The first-order valence-electron chi connectivity index (χ1n) is 6.57. The van der Waals surface area contributed by atoms with E-state index < -0.39 is 11.7 Å². The van der Waals surface area contributed by atoms with Crippen molar-refractivity contribution in [2.24, 2.45) is 0 Å². The highest BCUT2D eigenvalue weighted by molar-refractivity contribution is 9.10. The summed E-state index contributed by atoms with van der Waals surface area (Å²) in [4.78, 5) is 16.5. The van der Waals surface area contributed by atoms with Gasteiger partial charge in [0.15, 0.2) is 0 Å². The summed E-state index contributed by atoms with van der Waals surface area (Å²) in [5.74, 6) is -0.415. The SMILES string of the molecule is CCCNc1ncccc1C(=O)Nc1c(F)cccc1Br. The monoisotopic (exact) mass is 351 g/mol. The lowest BCUT2D eigenvalue weighted by atomic mass is 10.2. The molecule has 0 saturated heterocycles. The Bertz CT molecular complexity index is 628. The van der Waals surface area contributed by atoms with Crippen LogP contribution in [0.25, 0.3) is 0 Å². The molecule has 2 aromatic rings. The number of nitrogens with zero attached hydrogens (tertiary/aromatic N) is 1. The minimum atomic E-state index is -0.496. The van der Waals surface area contributed by atoms with Crippen LogP contribution in [0, 0.1) is 5.82 Å². The third-order valence-corrected chi connectivity index (χ3v) is 3.46. The number of pyridine rings is 1. The van der Waals surface area contributed by atoms with Crippen molar-refractivity contribution in [1.29, 1.82) is 0 Å². The number of hydrogen-bond donors (Lipinski definition) is 2. The van der Waals surface area contributed by atoms with Gasteiger partial charge in [0.05, 0.1) is 11.3 Å². The summed E-state index contributed by atoms with van der Waals surface area (Å²) in [6, 6.07) is 7.84. The molecule has 0 fully saturated rings. The predicted octanol–water partition coefficient (Wildman–Crippen LogP) is 4.06. The van der Waals surface area contributed by atoms with Gasteiger partial charge in [-0.05, 0) is 46.6 Å². The van der Waals surface area contributed by atoms with Gasteiger partial charge in [-0.25, -0.2) is 9.37 Å². The van der Waals surface area contributed by atoms with Gasteiger partial charge in [-0.15, -0.1) is 0 Å². The summed E-state index contributed by atoms with van der Waals surface area (Å²) in [5, 5.41) is 5.65. The Morgan fingerprint density at radius 2 is 2.14 bits per heavy atom. The molecule has 0 saturated carbocycles. The molecule has 0 aliphatic carbocycles. The third kappa shape index (κ3) is 3.78. The van der Waals surface area contributed by atoms with Gasteiger partial charge in [-0.2, -0.15) is 0 Å². The molecule has 2 rings (SSSR count). The van der Waals surface area contributed by atoms with Crippen LogP contribution in [-0.2, 0) is 0 Å². The number of halogens is 2. The van der Waals surface area contributed by atoms with Gasteiger partial charge < -0.3 is 10.6 Å². The summed E-state index contributed by atoms with van der Waals surface area (Å²) < 4.78 is 14.2. The van der Waals surface area contributed by atoms with E-state index in [2.05, 4.69) is 31.5 Å². The summed E-state index contributed by atoms with van der Waals surface area (Å²) in [7, 11) is 0. The average molecular weight is 352 g/mol. The Balaban J connectivity index is 2.25. The van der Waals surface area contributed by atoms with E-state index in [1.165, 1.54) is 6.07 Å². The van der Waals surface area contributed by atoms with E-state index in [1.807, 2.05) is 6.92 Å². The number of para-hydroxylation sites is 1. The maximum absolute atomic E-state index is 13.8. The molecular formula is C15H15BrFN3O. The molecule has 1 heterocycles. The molecule has 0 bridgehead atoms. The molecule has 0 aliphatic rings. The van der Waals surface area contributed by atoms with E-state index in [4.69, 9.17) is 0 Å². The average Bonchev–Trinajstić information content (AvgIpc) is 2.49. The summed E-state index contributed by atoms with van der Waals surface area (Å²) in [6.07, 6.45) is 2.52. The van der Waals surface area contributed by atoms with Gasteiger partial charge in [0.25, 0.3) is 5.91 Å². The highest BCUT2D eigenvalue weighted by Crippen LogP contribution is 2.26. The van der Waals surface area contributed by atoms with Crippen LogP contribution < -0.4 is 10.6 Å². The van der Waals surface area contributed by atoms with Crippen molar-refractivity contribution in [2.75, 3.05) is 17.2 Å². The molecule has 0 radical (unpaired) electrons. The number of carbonyl (C=O) groups is 1. The van der Waals surface area contributed by atoms with E-state index in [0.717, 1.165) is 6.42 Å². The first kappa shape index (κ1) is 15.4. The van der Waals surface area contributed by atoms with Crippen LogP contribution in [0.3, 0.4) is 0 Å². The van der Waals surface area contributed by atoms with E-state index in [9.17, 15) is 9.18 Å². The lowest BCUT2D eigenvalue weighted by Gasteiger charge is -2.12. The Morgan fingerprint density at radius 3 is 2.86 bits per heavy atom. The molecule has 4 nitrogen and oxygen atoms in total. The van der Waals surface area contributed by atoms with Crippen LogP contribution >= 0.6 is 15.9 Å². The Kier molecular flexibility index (Phi) is 5.27. The third-order valence-electron chi connectivity index (χ3n) is 2.80. The van der Waals surface area contributed by atoms with Gasteiger partial charge >= 0.3 is 0 Å². The number of hydrogen-bond acceptors (Lipinski definition) is 3. The Hall–Kier alpha value is -1.95. The highest BCUT2D eigenvalue weighted by atomic mass is 79.9. The van der Waals surface area contributed by atoms with Crippen molar-refractivity contribution in [3.63, 3.8) is 0 Å². The van der Waals surface area contributed by atoms with Crippen LogP contribution in [-0.4, -0.2) is 17.4 Å². The Morgan fingerprint density at radius 1 is 1.33 bits per heavy atom. The molecule has 0 unspecified atom stereocenters. The van der Waals surface area contributed by atoms with Crippen molar-refractivity contribution in [3.05, 3.63) is 52.4 Å². The number of amides is 1. The van der Waals surface area contributed by atoms with E-state index >= 15 is 0 Å². The zero-order chi connectivity index (χ0) is 15.2. The fourth-order valence-electron chi connectivity index (χ4n) is 1.77. The van der Waals surface area contributed by atoms with E-state index in [-0.39, 0.29) is 5.69 Å². The number of rotatable bonds is 5.